The highest BCUT2D eigenvalue weighted by atomic mass is 35.5. The first-order chi connectivity index (χ1) is 13.7. The average Bonchev–Trinajstić information content (AvgIpc) is 3.23. The lowest BCUT2D eigenvalue weighted by molar-refractivity contribution is 0.0942. The largest absolute Gasteiger partial charge is 0.341 e. The lowest BCUT2D eigenvalue weighted by Crippen LogP contribution is -2.29. The van der Waals surface area contributed by atoms with E-state index in [1.54, 1.807) is 32.0 Å². The van der Waals surface area contributed by atoms with Gasteiger partial charge in [-0.2, -0.15) is 11.3 Å². The van der Waals surface area contributed by atoms with Crippen LogP contribution >= 0.6 is 22.9 Å². The van der Waals surface area contributed by atoms with Gasteiger partial charge in [0.25, 0.3) is 5.91 Å². The van der Waals surface area contributed by atoms with Gasteiger partial charge in [-0.3, -0.25) is 4.79 Å². The highest BCUT2D eigenvalue weighted by Crippen LogP contribution is 2.27. The van der Waals surface area contributed by atoms with E-state index in [1.807, 2.05) is 29.0 Å². The summed E-state index contributed by atoms with van der Waals surface area (Å²) in [5.74, 6) is -0.355. The van der Waals surface area contributed by atoms with Gasteiger partial charge in [-0.05, 0) is 84.2 Å². The Hall–Kier alpha value is -2.19. The summed E-state index contributed by atoms with van der Waals surface area (Å²) in [7, 11) is -2.33. The van der Waals surface area contributed by atoms with Crippen LogP contribution in [0.3, 0.4) is 0 Å². The molecule has 0 saturated carbocycles. The van der Waals surface area contributed by atoms with E-state index in [0.717, 1.165) is 16.7 Å². The lowest BCUT2D eigenvalue weighted by Gasteiger charge is -2.20. The number of hydrogen-bond acceptors (Lipinski definition) is 4. The first-order valence-electron chi connectivity index (χ1n) is 8.86. The van der Waals surface area contributed by atoms with Crippen LogP contribution < -0.4 is 10.0 Å². The Bertz CT molecular complexity index is 1130. The molecule has 0 bridgehead atoms. The van der Waals surface area contributed by atoms with Gasteiger partial charge in [0.05, 0.1) is 10.9 Å². The SMILES string of the molecule is CNS(=O)(=O)c1cc(C(=O)NC(c2ccc(Cl)cc2)c2ccsc2)cc(C)c1C. The van der Waals surface area contributed by atoms with Crippen molar-refractivity contribution in [2.24, 2.45) is 0 Å². The highest BCUT2D eigenvalue weighted by molar-refractivity contribution is 7.89. The summed E-state index contributed by atoms with van der Waals surface area (Å²) in [5, 5.41) is 7.55. The Morgan fingerprint density at radius 3 is 2.34 bits per heavy atom. The molecule has 0 aliphatic rings. The molecule has 152 valence electrons. The third kappa shape index (κ3) is 4.70. The van der Waals surface area contributed by atoms with Gasteiger partial charge in [-0.15, -0.1) is 0 Å². The normalized spacial score (nSPS) is 12.6. The molecule has 0 radical (unpaired) electrons. The maximum Gasteiger partial charge on any atom is 0.252 e. The number of thiophene rings is 1. The van der Waals surface area contributed by atoms with E-state index >= 15 is 0 Å². The molecular formula is C21H21ClN2O3S2. The molecule has 29 heavy (non-hydrogen) atoms. The molecule has 1 heterocycles. The van der Waals surface area contributed by atoms with E-state index in [1.165, 1.54) is 24.5 Å². The third-order valence-corrected chi connectivity index (χ3v) is 7.29. The topological polar surface area (TPSA) is 75.3 Å². The molecule has 1 amide bonds. The minimum atomic E-state index is -3.68. The van der Waals surface area contributed by atoms with Crippen LogP contribution in [0.1, 0.15) is 38.7 Å². The van der Waals surface area contributed by atoms with Crippen molar-refractivity contribution in [1.82, 2.24) is 10.0 Å². The minimum Gasteiger partial charge on any atom is -0.341 e. The monoisotopic (exact) mass is 448 g/mol. The van der Waals surface area contributed by atoms with Crippen LogP contribution in [-0.4, -0.2) is 21.4 Å². The van der Waals surface area contributed by atoms with Crippen molar-refractivity contribution < 1.29 is 13.2 Å². The van der Waals surface area contributed by atoms with Gasteiger partial charge in [-0.1, -0.05) is 23.7 Å². The van der Waals surface area contributed by atoms with E-state index in [4.69, 9.17) is 11.6 Å². The van der Waals surface area contributed by atoms with Gasteiger partial charge in [0.2, 0.25) is 10.0 Å². The van der Waals surface area contributed by atoms with Crippen molar-refractivity contribution in [2.45, 2.75) is 24.8 Å². The molecular weight excluding hydrogens is 428 g/mol. The van der Waals surface area contributed by atoms with Crippen LogP contribution in [0.15, 0.2) is 58.1 Å². The predicted octanol–water partition coefficient (Wildman–Crippen LogP) is 4.45. The van der Waals surface area contributed by atoms with Crippen molar-refractivity contribution in [2.75, 3.05) is 7.05 Å². The molecule has 3 aromatic rings. The van der Waals surface area contributed by atoms with Gasteiger partial charge < -0.3 is 5.32 Å². The van der Waals surface area contributed by atoms with E-state index < -0.39 is 10.0 Å². The Balaban J connectivity index is 2.00. The molecule has 5 nitrogen and oxygen atoms in total. The van der Waals surface area contributed by atoms with Crippen LogP contribution in [0, 0.1) is 13.8 Å². The zero-order valence-corrected chi connectivity index (χ0v) is 18.6. The molecule has 1 atom stereocenters. The highest BCUT2D eigenvalue weighted by Gasteiger charge is 2.22. The van der Waals surface area contributed by atoms with Crippen molar-refractivity contribution >= 4 is 38.9 Å². The number of halogens is 1. The molecule has 0 fully saturated rings. The number of hydrogen-bond donors (Lipinski definition) is 2. The number of sulfonamides is 1. The van der Waals surface area contributed by atoms with Crippen molar-refractivity contribution in [1.29, 1.82) is 0 Å². The number of nitrogens with one attached hydrogen (secondary N) is 2. The predicted molar refractivity (Wildman–Crippen MR) is 117 cm³/mol. The Morgan fingerprint density at radius 1 is 1.07 bits per heavy atom. The maximum absolute atomic E-state index is 13.1. The van der Waals surface area contributed by atoms with Gasteiger partial charge in [0.15, 0.2) is 0 Å². The first-order valence-corrected chi connectivity index (χ1v) is 11.7. The zero-order chi connectivity index (χ0) is 21.2. The number of benzene rings is 2. The van der Waals surface area contributed by atoms with E-state index in [9.17, 15) is 13.2 Å². The fourth-order valence-corrected chi connectivity index (χ4v) is 4.89. The van der Waals surface area contributed by atoms with Crippen LogP contribution in [0.25, 0.3) is 0 Å². The summed E-state index contributed by atoms with van der Waals surface area (Å²) in [6, 6.07) is 12.0. The number of carbonyl (C=O) groups excluding carboxylic acids is 1. The average molecular weight is 449 g/mol. The van der Waals surface area contributed by atoms with Gasteiger partial charge >= 0.3 is 0 Å². The molecule has 0 spiro atoms. The quantitative estimate of drug-likeness (QED) is 0.585. The maximum atomic E-state index is 13.1. The number of amides is 1. The zero-order valence-electron chi connectivity index (χ0n) is 16.2. The Kier molecular flexibility index (Phi) is 6.43. The summed E-state index contributed by atoms with van der Waals surface area (Å²) in [5.41, 5.74) is 3.45. The summed E-state index contributed by atoms with van der Waals surface area (Å²) in [6.07, 6.45) is 0. The summed E-state index contributed by atoms with van der Waals surface area (Å²) in [4.78, 5) is 13.2. The summed E-state index contributed by atoms with van der Waals surface area (Å²) in [6.45, 7) is 3.51. The smallest absolute Gasteiger partial charge is 0.252 e. The van der Waals surface area contributed by atoms with E-state index in [2.05, 4.69) is 10.0 Å². The minimum absolute atomic E-state index is 0.101. The van der Waals surface area contributed by atoms with Crippen LogP contribution in [-0.2, 0) is 10.0 Å². The van der Waals surface area contributed by atoms with Gasteiger partial charge in [0.1, 0.15) is 0 Å². The summed E-state index contributed by atoms with van der Waals surface area (Å²) >= 11 is 7.54. The molecule has 1 aromatic heterocycles. The molecule has 8 heteroatoms. The van der Waals surface area contributed by atoms with E-state index in [0.29, 0.717) is 10.6 Å². The fraction of sp³-hybridized carbons (Fsp3) is 0.190. The number of carbonyl (C=O) groups is 1. The van der Waals surface area contributed by atoms with Crippen LogP contribution in [0.4, 0.5) is 0 Å². The molecule has 0 aliphatic heterocycles. The standard InChI is InChI=1S/C21H21ClN2O3S2/c1-13-10-17(11-19(14(13)2)29(26,27)23-3)21(25)24-20(16-8-9-28-12-16)15-4-6-18(22)7-5-15/h4-12,20,23H,1-3H3,(H,24,25). The number of aryl methyl sites for hydroxylation is 1. The second-order valence-corrected chi connectivity index (χ2v) is 9.71. The van der Waals surface area contributed by atoms with E-state index in [-0.39, 0.29) is 22.4 Å². The van der Waals surface area contributed by atoms with Gasteiger partial charge in [0, 0.05) is 10.6 Å². The first kappa shape index (κ1) is 21.5. The molecule has 2 N–H and O–H groups in total. The molecule has 0 saturated heterocycles. The third-order valence-electron chi connectivity index (χ3n) is 4.80. The molecule has 2 aromatic carbocycles. The van der Waals surface area contributed by atoms with Crippen LogP contribution in [0.5, 0.6) is 0 Å². The fourth-order valence-electron chi connectivity index (χ4n) is 3.02. The van der Waals surface area contributed by atoms with Crippen molar-refractivity contribution in [3.8, 4) is 0 Å². The second kappa shape index (κ2) is 8.67. The Labute approximate surface area is 179 Å². The van der Waals surface area contributed by atoms with Gasteiger partial charge in [-0.25, -0.2) is 13.1 Å². The molecule has 0 aliphatic carbocycles. The lowest BCUT2D eigenvalue weighted by atomic mass is 10.00. The summed E-state index contributed by atoms with van der Waals surface area (Å²) < 4.78 is 27.0. The Morgan fingerprint density at radius 2 is 1.76 bits per heavy atom. The van der Waals surface area contributed by atoms with Crippen molar-refractivity contribution in [3.05, 3.63) is 86.1 Å². The second-order valence-electron chi connectivity index (χ2n) is 6.64. The molecule has 3 rings (SSSR count). The van der Waals surface area contributed by atoms with Crippen LogP contribution in [0.2, 0.25) is 5.02 Å². The van der Waals surface area contributed by atoms with Crippen molar-refractivity contribution in [3.63, 3.8) is 0 Å². The number of rotatable bonds is 6. The molecule has 1 unspecified atom stereocenters.